The second-order valence-electron chi connectivity index (χ2n) is 4.49. The first kappa shape index (κ1) is 12.8. The molecule has 0 aliphatic carbocycles. The van der Waals surface area contributed by atoms with E-state index < -0.39 is 5.82 Å². The number of methoxy groups -OCH3 is 1. The average molecular weight is 252 g/mol. The first-order chi connectivity index (χ1) is 8.61. The van der Waals surface area contributed by atoms with E-state index >= 15 is 0 Å². The van der Waals surface area contributed by atoms with Crippen LogP contribution in [0.4, 0.5) is 10.1 Å². The molecule has 0 aromatic heterocycles. The van der Waals surface area contributed by atoms with E-state index in [0.717, 1.165) is 12.8 Å². The normalized spacial score (nSPS) is 19.9. The maximum Gasteiger partial charge on any atom is 0.254 e. The van der Waals surface area contributed by atoms with Crippen LogP contribution in [-0.2, 0) is 4.74 Å². The molecule has 1 unspecified atom stereocenters. The van der Waals surface area contributed by atoms with Gasteiger partial charge in [0.2, 0.25) is 0 Å². The number of amides is 1. The van der Waals surface area contributed by atoms with Crippen LogP contribution in [0.25, 0.3) is 0 Å². The monoisotopic (exact) mass is 252 g/mol. The number of nitrogens with two attached hydrogens (primary N) is 1. The fourth-order valence-electron chi connectivity index (χ4n) is 2.16. The van der Waals surface area contributed by atoms with Gasteiger partial charge in [0.25, 0.3) is 5.91 Å². The average Bonchev–Trinajstić information content (AvgIpc) is 2.41. The van der Waals surface area contributed by atoms with E-state index in [1.54, 1.807) is 18.1 Å². The van der Waals surface area contributed by atoms with Crippen LogP contribution in [0.15, 0.2) is 18.2 Å². The molecule has 2 rings (SSSR count). The Morgan fingerprint density at radius 2 is 2.33 bits per heavy atom. The van der Waals surface area contributed by atoms with Crippen LogP contribution in [0.2, 0.25) is 0 Å². The second-order valence-corrected chi connectivity index (χ2v) is 4.49. The smallest absolute Gasteiger partial charge is 0.254 e. The van der Waals surface area contributed by atoms with Crippen LogP contribution in [0.3, 0.4) is 0 Å². The van der Waals surface area contributed by atoms with Crippen LogP contribution in [0.5, 0.6) is 0 Å². The molecule has 1 aliphatic heterocycles. The van der Waals surface area contributed by atoms with Crippen LogP contribution in [0.1, 0.15) is 23.2 Å². The molecule has 98 valence electrons. The molecule has 1 aromatic carbocycles. The van der Waals surface area contributed by atoms with E-state index in [9.17, 15) is 9.18 Å². The van der Waals surface area contributed by atoms with Gasteiger partial charge in [-0.15, -0.1) is 0 Å². The lowest BCUT2D eigenvalue weighted by Crippen LogP contribution is -2.42. The van der Waals surface area contributed by atoms with E-state index in [0.29, 0.717) is 18.7 Å². The zero-order valence-corrected chi connectivity index (χ0v) is 10.4. The fraction of sp³-hybridized carbons (Fsp3) is 0.462. The van der Waals surface area contributed by atoms with Crippen LogP contribution >= 0.6 is 0 Å². The Morgan fingerprint density at radius 3 is 3.00 bits per heavy atom. The molecule has 18 heavy (non-hydrogen) atoms. The number of nitrogen functional groups attached to an aromatic ring is 1. The summed E-state index contributed by atoms with van der Waals surface area (Å²) in [5, 5.41) is 0. The molecule has 0 bridgehead atoms. The van der Waals surface area contributed by atoms with E-state index in [1.807, 2.05) is 0 Å². The lowest BCUT2D eigenvalue weighted by atomic mass is 10.1. The van der Waals surface area contributed by atoms with Gasteiger partial charge in [0.15, 0.2) is 0 Å². The van der Waals surface area contributed by atoms with E-state index in [-0.39, 0.29) is 17.7 Å². The number of carbonyl (C=O) groups excluding carboxylic acids is 1. The molecule has 1 fully saturated rings. The molecule has 0 radical (unpaired) electrons. The predicted octanol–water partition coefficient (Wildman–Crippen LogP) is 1.66. The first-order valence-electron chi connectivity index (χ1n) is 5.99. The zero-order chi connectivity index (χ0) is 13.1. The van der Waals surface area contributed by atoms with Crippen molar-refractivity contribution in [1.29, 1.82) is 0 Å². The number of benzene rings is 1. The molecule has 4 nitrogen and oxygen atoms in total. The number of rotatable bonds is 2. The number of hydrogen-bond acceptors (Lipinski definition) is 3. The number of piperidine rings is 1. The maximum atomic E-state index is 13.3. The zero-order valence-electron chi connectivity index (χ0n) is 10.4. The Labute approximate surface area is 106 Å². The van der Waals surface area contributed by atoms with Gasteiger partial charge < -0.3 is 15.4 Å². The molecule has 1 aromatic rings. The lowest BCUT2D eigenvalue weighted by Gasteiger charge is -2.32. The summed E-state index contributed by atoms with van der Waals surface area (Å²) in [6.07, 6.45) is 1.93. The summed E-state index contributed by atoms with van der Waals surface area (Å²) < 4.78 is 18.6. The van der Waals surface area contributed by atoms with Gasteiger partial charge in [-0.2, -0.15) is 0 Å². The second kappa shape index (κ2) is 5.35. The Kier molecular flexibility index (Phi) is 3.81. The molecule has 1 saturated heterocycles. The van der Waals surface area contributed by atoms with Crippen LogP contribution in [-0.4, -0.2) is 37.1 Å². The first-order valence-corrected chi connectivity index (χ1v) is 5.99. The van der Waals surface area contributed by atoms with E-state index in [1.165, 1.54) is 12.1 Å². The largest absolute Gasteiger partial charge is 0.396 e. The standard InChI is InChI=1S/C13H17FN2O2/c1-18-10-3-2-6-16(8-10)13(17)9-4-5-12(15)11(14)7-9/h4-5,7,10H,2-3,6,8,15H2,1H3. The summed E-state index contributed by atoms with van der Waals surface area (Å²) in [5.74, 6) is -0.725. The molecule has 1 heterocycles. The number of anilines is 1. The molecule has 1 aliphatic rings. The third kappa shape index (κ3) is 2.61. The highest BCUT2D eigenvalue weighted by atomic mass is 19.1. The molecule has 1 amide bonds. The van der Waals surface area contributed by atoms with Gasteiger partial charge in [-0.25, -0.2) is 4.39 Å². The molecule has 2 N–H and O–H groups in total. The Hall–Kier alpha value is -1.62. The van der Waals surface area contributed by atoms with Crippen molar-refractivity contribution in [2.24, 2.45) is 0 Å². The summed E-state index contributed by atoms with van der Waals surface area (Å²) in [4.78, 5) is 13.9. The molecule has 0 spiro atoms. The summed E-state index contributed by atoms with van der Waals surface area (Å²) in [6, 6.07) is 4.16. The highest BCUT2D eigenvalue weighted by molar-refractivity contribution is 5.94. The van der Waals surface area contributed by atoms with Crippen molar-refractivity contribution in [3.8, 4) is 0 Å². The topological polar surface area (TPSA) is 55.6 Å². The third-order valence-electron chi connectivity index (χ3n) is 3.25. The van der Waals surface area contributed by atoms with Crippen molar-refractivity contribution in [2.75, 3.05) is 25.9 Å². The van der Waals surface area contributed by atoms with Gasteiger partial charge >= 0.3 is 0 Å². The van der Waals surface area contributed by atoms with E-state index in [4.69, 9.17) is 10.5 Å². The lowest BCUT2D eigenvalue weighted by molar-refractivity contribution is 0.0268. The van der Waals surface area contributed by atoms with Gasteiger partial charge in [-0.3, -0.25) is 4.79 Å². The Balaban J connectivity index is 2.12. The van der Waals surface area contributed by atoms with Crippen LogP contribution in [0, 0.1) is 5.82 Å². The van der Waals surface area contributed by atoms with Gasteiger partial charge in [0.05, 0.1) is 11.8 Å². The predicted molar refractivity (Wildman–Crippen MR) is 66.7 cm³/mol. The number of ether oxygens (including phenoxy) is 1. The number of halogens is 1. The van der Waals surface area contributed by atoms with Crippen molar-refractivity contribution >= 4 is 11.6 Å². The Bertz CT molecular complexity index is 451. The van der Waals surface area contributed by atoms with Gasteiger partial charge in [0.1, 0.15) is 5.82 Å². The summed E-state index contributed by atoms with van der Waals surface area (Å²) in [5.41, 5.74) is 5.78. The molecule has 1 atom stereocenters. The highest BCUT2D eigenvalue weighted by Crippen LogP contribution is 2.18. The van der Waals surface area contributed by atoms with Crippen molar-refractivity contribution in [3.05, 3.63) is 29.6 Å². The summed E-state index contributed by atoms with van der Waals surface area (Å²) in [7, 11) is 1.64. The SMILES string of the molecule is COC1CCCN(C(=O)c2ccc(N)c(F)c2)C1. The maximum absolute atomic E-state index is 13.3. The quantitative estimate of drug-likeness (QED) is 0.814. The van der Waals surface area contributed by atoms with Crippen molar-refractivity contribution in [3.63, 3.8) is 0 Å². The molecule has 5 heteroatoms. The van der Waals surface area contributed by atoms with Gasteiger partial charge in [0, 0.05) is 25.8 Å². The van der Waals surface area contributed by atoms with Crippen molar-refractivity contribution in [2.45, 2.75) is 18.9 Å². The van der Waals surface area contributed by atoms with Crippen molar-refractivity contribution in [1.82, 2.24) is 4.90 Å². The van der Waals surface area contributed by atoms with Gasteiger partial charge in [-0.1, -0.05) is 0 Å². The Morgan fingerprint density at radius 1 is 1.56 bits per heavy atom. The minimum absolute atomic E-state index is 0.0555. The molecule has 0 saturated carbocycles. The minimum Gasteiger partial charge on any atom is -0.396 e. The van der Waals surface area contributed by atoms with Crippen LogP contribution < -0.4 is 5.73 Å². The highest BCUT2D eigenvalue weighted by Gasteiger charge is 2.24. The third-order valence-corrected chi connectivity index (χ3v) is 3.25. The number of likely N-dealkylation sites (tertiary alicyclic amines) is 1. The fourth-order valence-corrected chi connectivity index (χ4v) is 2.16. The number of hydrogen-bond donors (Lipinski definition) is 1. The minimum atomic E-state index is -0.554. The van der Waals surface area contributed by atoms with E-state index in [2.05, 4.69) is 0 Å². The molecular formula is C13H17FN2O2. The number of carbonyl (C=O) groups is 1. The summed E-state index contributed by atoms with van der Waals surface area (Å²) >= 11 is 0. The number of nitrogens with zero attached hydrogens (tertiary/aromatic N) is 1. The van der Waals surface area contributed by atoms with Gasteiger partial charge in [-0.05, 0) is 31.0 Å². The summed E-state index contributed by atoms with van der Waals surface area (Å²) in [6.45, 7) is 1.24. The van der Waals surface area contributed by atoms with Crippen molar-refractivity contribution < 1.29 is 13.9 Å². The molecular weight excluding hydrogens is 235 g/mol.